The Kier molecular flexibility index (Phi) is 4.00. The van der Waals surface area contributed by atoms with Gasteiger partial charge in [-0.15, -0.1) is 0 Å². The lowest BCUT2D eigenvalue weighted by Crippen LogP contribution is -2.42. The van der Waals surface area contributed by atoms with E-state index in [1.165, 1.54) is 36.2 Å². The molecule has 0 saturated carbocycles. The van der Waals surface area contributed by atoms with Crippen LogP contribution in [0.4, 0.5) is 0 Å². The molecule has 2 aromatic carbocycles. The summed E-state index contributed by atoms with van der Waals surface area (Å²) in [5, 5.41) is 0. The van der Waals surface area contributed by atoms with E-state index in [-0.39, 0.29) is 0 Å². The molecule has 0 amide bonds. The minimum absolute atomic E-state index is 0.583. The van der Waals surface area contributed by atoms with E-state index >= 15 is 0 Å². The maximum Gasteiger partial charge on any atom is 0.0127 e. The summed E-state index contributed by atoms with van der Waals surface area (Å²) in [4.78, 5) is 2.67. The Morgan fingerprint density at radius 3 is 2.33 bits per heavy atom. The van der Waals surface area contributed by atoms with Gasteiger partial charge < -0.3 is 4.90 Å². The fourth-order valence-electron chi connectivity index (χ4n) is 4.92. The Bertz CT molecular complexity index is 728. The van der Waals surface area contributed by atoms with Crippen LogP contribution in [0.1, 0.15) is 59.9 Å². The van der Waals surface area contributed by atoms with Crippen molar-refractivity contribution in [3.8, 4) is 0 Å². The van der Waals surface area contributed by atoms with Gasteiger partial charge in [-0.3, -0.25) is 0 Å². The van der Waals surface area contributed by atoms with Crippen molar-refractivity contribution < 1.29 is 0 Å². The Labute approximate surface area is 146 Å². The van der Waals surface area contributed by atoms with E-state index in [9.17, 15) is 0 Å². The van der Waals surface area contributed by atoms with Crippen molar-refractivity contribution in [3.05, 3.63) is 70.3 Å². The van der Waals surface area contributed by atoms with E-state index in [0.717, 1.165) is 5.92 Å². The van der Waals surface area contributed by atoms with E-state index in [2.05, 4.69) is 75.1 Å². The number of hydrogen-bond acceptors (Lipinski definition) is 1. The molecule has 0 N–H and O–H groups in total. The second-order valence-electron chi connectivity index (χ2n) is 8.17. The van der Waals surface area contributed by atoms with Crippen LogP contribution < -0.4 is 0 Å². The molecule has 24 heavy (non-hydrogen) atoms. The highest BCUT2D eigenvalue weighted by Crippen LogP contribution is 2.53. The third kappa shape index (κ3) is 2.59. The molecule has 0 aromatic heterocycles. The summed E-state index contributed by atoms with van der Waals surface area (Å²) < 4.78 is 0. The number of aryl methyl sites for hydroxylation is 2. The molecular weight excluding hydrogens is 290 g/mol. The predicted octanol–water partition coefficient (Wildman–Crippen LogP) is 5.26. The summed E-state index contributed by atoms with van der Waals surface area (Å²) >= 11 is 0. The van der Waals surface area contributed by atoms with Crippen LogP contribution in [0, 0.1) is 19.8 Å². The lowest BCUT2D eigenvalue weighted by atomic mass is 9.78. The summed E-state index contributed by atoms with van der Waals surface area (Å²) in [6.07, 6.45) is 1.31. The molecule has 1 aliphatic heterocycles. The molecule has 4 rings (SSSR count). The van der Waals surface area contributed by atoms with Crippen molar-refractivity contribution in [1.29, 1.82) is 0 Å². The molecule has 0 radical (unpaired) electrons. The van der Waals surface area contributed by atoms with Gasteiger partial charge in [0.05, 0.1) is 0 Å². The highest BCUT2D eigenvalue weighted by Gasteiger charge is 2.44. The van der Waals surface area contributed by atoms with Gasteiger partial charge in [0.25, 0.3) is 0 Å². The number of nitrogens with zero attached hydrogens (tertiary/aromatic N) is 1. The number of fused-ring (bicyclic) bond motifs is 3. The van der Waals surface area contributed by atoms with E-state index in [1.807, 2.05) is 0 Å². The largest absolute Gasteiger partial charge is 0.300 e. The first-order chi connectivity index (χ1) is 11.5. The van der Waals surface area contributed by atoms with Gasteiger partial charge >= 0.3 is 0 Å². The van der Waals surface area contributed by atoms with Gasteiger partial charge in [-0.1, -0.05) is 53.6 Å². The lowest BCUT2D eigenvalue weighted by molar-refractivity contribution is 0.130. The number of likely N-dealkylation sites (tertiary alicyclic amines) is 1. The average Bonchev–Trinajstić information content (AvgIpc) is 2.88. The van der Waals surface area contributed by atoms with Crippen LogP contribution in [-0.2, 0) is 0 Å². The van der Waals surface area contributed by atoms with Gasteiger partial charge in [0.2, 0.25) is 0 Å². The van der Waals surface area contributed by atoms with Gasteiger partial charge in [-0.25, -0.2) is 0 Å². The molecule has 2 aromatic rings. The van der Waals surface area contributed by atoms with Gasteiger partial charge in [0, 0.05) is 24.4 Å². The van der Waals surface area contributed by atoms with Gasteiger partial charge in [-0.05, 0) is 63.3 Å². The fraction of sp³-hybridized carbons (Fsp3) is 0.478. The second-order valence-corrected chi connectivity index (χ2v) is 8.17. The van der Waals surface area contributed by atoms with E-state index in [1.54, 1.807) is 11.1 Å². The monoisotopic (exact) mass is 319 g/mol. The Morgan fingerprint density at radius 2 is 1.62 bits per heavy atom. The SMILES string of the molecule is Cc1ccc([C@H]2c3cc(C)ccc3[C@@H]3CN(C(C)C)CC[C@H]23)cc1. The van der Waals surface area contributed by atoms with Gasteiger partial charge in [0.1, 0.15) is 0 Å². The standard InChI is InChI=1S/C23H29N/c1-15(2)24-12-11-20-22(14-24)19-10-7-17(4)13-21(19)23(20)18-8-5-16(3)6-9-18/h5-10,13,15,20,22-23H,11-12,14H2,1-4H3/t20-,22-,23+/m0/s1. The lowest BCUT2D eigenvalue weighted by Gasteiger charge is -2.39. The molecule has 3 atom stereocenters. The van der Waals surface area contributed by atoms with Crippen molar-refractivity contribution in [1.82, 2.24) is 4.90 Å². The number of piperidine rings is 1. The molecule has 1 heterocycles. The summed E-state index contributed by atoms with van der Waals surface area (Å²) in [6.45, 7) is 11.6. The Morgan fingerprint density at radius 1 is 0.917 bits per heavy atom. The van der Waals surface area contributed by atoms with Crippen LogP contribution in [0.25, 0.3) is 0 Å². The first-order valence-corrected chi connectivity index (χ1v) is 9.45. The predicted molar refractivity (Wildman–Crippen MR) is 102 cm³/mol. The van der Waals surface area contributed by atoms with Gasteiger partial charge in [0.15, 0.2) is 0 Å². The fourth-order valence-corrected chi connectivity index (χ4v) is 4.92. The third-order valence-corrected chi connectivity index (χ3v) is 6.27. The van der Waals surface area contributed by atoms with Crippen molar-refractivity contribution >= 4 is 0 Å². The molecule has 126 valence electrons. The van der Waals surface area contributed by atoms with Crippen molar-refractivity contribution in [3.63, 3.8) is 0 Å². The van der Waals surface area contributed by atoms with Crippen LogP contribution in [0.2, 0.25) is 0 Å². The van der Waals surface area contributed by atoms with Crippen molar-refractivity contribution in [2.24, 2.45) is 5.92 Å². The molecule has 1 heteroatoms. The normalized spacial score (nSPS) is 26.5. The number of rotatable bonds is 2. The summed E-state index contributed by atoms with van der Waals surface area (Å²) in [6, 6.07) is 17.1. The smallest absolute Gasteiger partial charge is 0.0127 e. The van der Waals surface area contributed by atoms with E-state index < -0.39 is 0 Å². The zero-order valence-corrected chi connectivity index (χ0v) is 15.4. The van der Waals surface area contributed by atoms with Crippen molar-refractivity contribution in [2.75, 3.05) is 13.1 Å². The third-order valence-electron chi connectivity index (χ3n) is 6.27. The van der Waals surface area contributed by atoms with Crippen molar-refractivity contribution in [2.45, 2.75) is 52.0 Å². The molecule has 0 bridgehead atoms. The quantitative estimate of drug-likeness (QED) is 0.729. The number of benzene rings is 2. The van der Waals surface area contributed by atoms with E-state index in [4.69, 9.17) is 0 Å². The maximum atomic E-state index is 2.67. The molecule has 1 saturated heterocycles. The van der Waals surface area contributed by atoms with Crippen LogP contribution in [0.15, 0.2) is 42.5 Å². The summed E-state index contributed by atoms with van der Waals surface area (Å²) in [5.41, 5.74) is 7.47. The van der Waals surface area contributed by atoms with Crippen LogP contribution in [0.5, 0.6) is 0 Å². The molecule has 1 fully saturated rings. The molecule has 1 aliphatic carbocycles. The maximum absolute atomic E-state index is 2.67. The van der Waals surface area contributed by atoms with Gasteiger partial charge in [-0.2, -0.15) is 0 Å². The zero-order chi connectivity index (χ0) is 16.8. The Hall–Kier alpha value is -1.60. The minimum Gasteiger partial charge on any atom is -0.300 e. The Balaban J connectivity index is 1.78. The van der Waals surface area contributed by atoms with E-state index in [0.29, 0.717) is 17.9 Å². The molecule has 0 spiro atoms. The molecular formula is C23H29N. The average molecular weight is 319 g/mol. The minimum atomic E-state index is 0.583. The molecule has 1 nitrogen and oxygen atoms in total. The molecule has 2 aliphatic rings. The topological polar surface area (TPSA) is 3.24 Å². The van der Waals surface area contributed by atoms with Crippen LogP contribution >= 0.6 is 0 Å². The first-order valence-electron chi connectivity index (χ1n) is 9.45. The second kappa shape index (κ2) is 6.04. The van der Waals surface area contributed by atoms with Crippen LogP contribution in [-0.4, -0.2) is 24.0 Å². The number of hydrogen-bond donors (Lipinski definition) is 0. The molecule has 0 unspecified atom stereocenters. The summed E-state index contributed by atoms with van der Waals surface area (Å²) in [5.74, 6) is 2.04. The van der Waals surface area contributed by atoms with Crippen LogP contribution in [0.3, 0.4) is 0 Å². The summed E-state index contributed by atoms with van der Waals surface area (Å²) in [7, 11) is 0. The zero-order valence-electron chi connectivity index (χ0n) is 15.4. The highest BCUT2D eigenvalue weighted by atomic mass is 15.2. The first kappa shape index (κ1) is 15.9. The highest BCUT2D eigenvalue weighted by molar-refractivity contribution is 5.48.